The number of hydrogen-bond acceptors (Lipinski definition) is 3. The second kappa shape index (κ2) is 5.27. The van der Waals surface area contributed by atoms with Crippen molar-refractivity contribution in [2.45, 2.75) is 24.7 Å². The Morgan fingerprint density at radius 3 is 2.71 bits per heavy atom. The molecular formula is C11H17NOS. The molecule has 0 aliphatic heterocycles. The van der Waals surface area contributed by atoms with E-state index in [0.29, 0.717) is 12.3 Å². The van der Waals surface area contributed by atoms with Gasteiger partial charge in [0.15, 0.2) is 0 Å². The van der Waals surface area contributed by atoms with E-state index >= 15 is 0 Å². The lowest BCUT2D eigenvalue weighted by atomic mass is 10.1. The topological polar surface area (TPSA) is 46.2 Å². The minimum Gasteiger partial charge on any atom is -0.507 e. The maximum absolute atomic E-state index is 9.88. The van der Waals surface area contributed by atoms with Crippen molar-refractivity contribution >= 4 is 11.8 Å². The Bertz CT molecular complexity index is 312. The van der Waals surface area contributed by atoms with Gasteiger partial charge in [-0.3, -0.25) is 0 Å². The molecular weight excluding hydrogens is 194 g/mol. The predicted molar refractivity (Wildman–Crippen MR) is 62.0 cm³/mol. The maximum Gasteiger partial charge on any atom is 0.122 e. The van der Waals surface area contributed by atoms with E-state index in [-0.39, 0.29) is 0 Å². The number of hydrogen-bond donors (Lipinski definition) is 2. The number of phenolic OH excluding ortho intramolecular Hbond substituents is 1. The molecule has 0 fully saturated rings. The van der Waals surface area contributed by atoms with Crippen molar-refractivity contribution in [2.24, 2.45) is 5.73 Å². The Hall–Kier alpha value is -0.670. The van der Waals surface area contributed by atoms with E-state index in [9.17, 15) is 5.11 Å². The van der Waals surface area contributed by atoms with E-state index < -0.39 is 0 Å². The van der Waals surface area contributed by atoms with Gasteiger partial charge in [-0.1, -0.05) is 6.07 Å². The van der Waals surface area contributed by atoms with Gasteiger partial charge in [0, 0.05) is 10.5 Å². The smallest absolute Gasteiger partial charge is 0.122 e. The Kier molecular flexibility index (Phi) is 4.29. The van der Waals surface area contributed by atoms with E-state index in [2.05, 4.69) is 6.07 Å². The Labute approximate surface area is 89.5 Å². The predicted octanol–water partition coefficient (Wildman–Crippen LogP) is 2.31. The number of phenols is 1. The fourth-order valence-corrected chi connectivity index (χ4v) is 2.10. The third kappa shape index (κ3) is 2.42. The van der Waals surface area contributed by atoms with E-state index in [1.165, 1.54) is 0 Å². The van der Waals surface area contributed by atoms with Gasteiger partial charge in [-0.2, -0.15) is 0 Å². The maximum atomic E-state index is 9.88. The van der Waals surface area contributed by atoms with Crippen LogP contribution in [0.5, 0.6) is 5.75 Å². The number of benzene rings is 1. The molecule has 78 valence electrons. The highest BCUT2D eigenvalue weighted by Gasteiger charge is 2.08. The Balaban J connectivity index is 3.01. The highest BCUT2D eigenvalue weighted by Crippen LogP contribution is 2.31. The third-order valence-electron chi connectivity index (χ3n) is 2.29. The molecule has 0 aliphatic rings. The first-order valence-corrected chi connectivity index (χ1v) is 5.98. The highest BCUT2D eigenvalue weighted by molar-refractivity contribution is 7.98. The molecule has 0 saturated heterocycles. The second-order valence-electron chi connectivity index (χ2n) is 3.30. The van der Waals surface area contributed by atoms with Crippen LogP contribution >= 0.6 is 11.8 Å². The van der Waals surface area contributed by atoms with Crippen LogP contribution in [-0.4, -0.2) is 17.9 Å². The number of rotatable bonds is 4. The highest BCUT2D eigenvalue weighted by atomic mass is 32.2. The van der Waals surface area contributed by atoms with Crippen LogP contribution in [-0.2, 0) is 6.42 Å². The van der Waals surface area contributed by atoms with Gasteiger partial charge in [0.1, 0.15) is 5.75 Å². The van der Waals surface area contributed by atoms with Crippen LogP contribution in [0.3, 0.4) is 0 Å². The fourth-order valence-electron chi connectivity index (χ4n) is 1.45. The van der Waals surface area contributed by atoms with Crippen LogP contribution in [0, 0.1) is 6.92 Å². The average Bonchev–Trinajstić information content (AvgIpc) is 2.20. The van der Waals surface area contributed by atoms with Crippen molar-refractivity contribution in [1.82, 2.24) is 0 Å². The lowest BCUT2D eigenvalue weighted by molar-refractivity contribution is 0.460. The molecule has 0 amide bonds. The molecule has 3 heteroatoms. The Morgan fingerprint density at radius 2 is 2.14 bits per heavy atom. The van der Waals surface area contributed by atoms with Crippen LogP contribution in [0.1, 0.15) is 17.5 Å². The molecule has 0 bridgehead atoms. The van der Waals surface area contributed by atoms with Crippen LogP contribution < -0.4 is 5.73 Å². The van der Waals surface area contributed by atoms with Crippen molar-refractivity contribution in [3.05, 3.63) is 23.3 Å². The monoisotopic (exact) mass is 211 g/mol. The largest absolute Gasteiger partial charge is 0.507 e. The van der Waals surface area contributed by atoms with Gasteiger partial charge < -0.3 is 10.8 Å². The molecule has 1 aromatic rings. The average molecular weight is 211 g/mol. The zero-order chi connectivity index (χ0) is 10.6. The Morgan fingerprint density at radius 1 is 1.43 bits per heavy atom. The summed E-state index contributed by atoms with van der Waals surface area (Å²) in [6, 6.07) is 4.01. The minimum absolute atomic E-state index is 0.435. The lowest BCUT2D eigenvalue weighted by Crippen LogP contribution is -2.01. The van der Waals surface area contributed by atoms with Gasteiger partial charge in [-0.15, -0.1) is 11.8 Å². The molecule has 0 spiro atoms. The van der Waals surface area contributed by atoms with Crippen molar-refractivity contribution < 1.29 is 5.11 Å². The summed E-state index contributed by atoms with van der Waals surface area (Å²) < 4.78 is 0. The summed E-state index contributed by atoms with van der Waals surface area (Å²) in [4.78, 5) is 1.15. The molecule has 3 N–H and O–H groups in total. The zero-order valence-electron chi connectivity index (χ0n) is 8.71. The number of nitrogens with two attached hydrogens (primary N) is 1. The van der Waals surface area contributed by atoms with Crippen LogP contribution in [0.2, 0.25) is 0 Å². The van der Waals surface area contributed by atoms with Crippen molar-refractivity contribution in [3.63, 3.8) is 0 Å². The number of thioether (sulfide) groups is 1. The first kappa shape index (κ1) is 11.4. The zero-order valence-corrected chi connectivity index (χ0v) is 9.53. The summed E-state index contributed by atoms with van der Waals surface area (Å²) in [5.41, 5.74) is 7.45. The van der Waals surface area contributed by atoms with Crippen molar-refractivity contribution in [2.75, 3.05) is 12.8 Å². The van der Waals surface area contributed by atoms with E-state index in [1.54, 1.807) is 11.8 Å². The quantitative estimate of drug-likeness (QED) is 0.751. The molecule has 0 atom stereocenters. The summed E-state index contributed by atoms with van der Waals surface area (Å²) in [5.74, 6) is 0.435. The molecule has 0 aliphatic carbocycles. The van der Waals surface area contributed by atoms with Gasteiger partial charge in [0.25, 0.3) is 0 Å². The molecule has 1 aromatic carbocycles. The van der Waals surface area contributed by atoms with Crippen LogP contribution in [0.4, 0.5) is 0 Å². The standard InChI is InChI=1S/C11H17NOS/c1-8-5-6-10(14-2)9(11(8)13)4-3-7-12/h5-6,13H,3-4,7,12H2,1-2H3. The molecule has 0 heterocycles. The third-order valence-corrected chi connectivity index (χ3v) is 3.11. The van der Waals surface area contributed by atoms with E-state index in [4.69, 9.17) is 5.73 Å². The summed E-state index contributed by atoms with van der Waals surface area (Å²) in [7, 11) is 0. The van der Waals surface area contributed by atoms with Gasteiger partial charge in [-0.25, -0.2) is 0 Å². The minimum atomic E-state index is 0.435. The fraction of sp³-hybridized carbons (Fsp3) is 0.455. The molecule has 0 radical (unpaired) electrons. The van der Waals surface area contributed by atoms with Gasteiger partial charge >= 0.3 is 0 Å². The molecule has 1 rings (SSSR count). The van der Waals surface area contributed by atoms with Gasteiger partial charge in [0.2, 0.25) is 0 Å². The normalized spacial score (nSPS) is 10.5. The molecule has 0 saturated carbocycles. The first-order chi connectivity index (χ1) is 6.70. The summed E-state index contributed by atoms with van der Waals surface area (Å²) >= 11 is 1.67. The summed E-state index contributed by atoms with van der Waals surface area (Å²) in [5, 5.41) is 9.88. The van der Waals surface area contributed by atoms with Crippen molar-refractivity contribution in [3.8, 4) is 5.75 Å². The summed E-state index contributed by atoms with van der Waals surface area (Å²) in [6.45, 7) is 2.59. The molecule has 0 aromatic heterocycles. The SMILES string of the molecule is CSc1ccc(C)c(O)c1CCCN. The first-order valence-electron chi connectivity index (χ1n) is 4.76. The molecule has 14 heavy (non-hydrogen) atoms. The van der Waals surface area contributed by atoms with Crippen molar-refractivity contribution in [1.29, 1.82) is 0 Å². The second-order valence-corrected chi connectivity index (χ2v) is 4.15. The van der Waals surface area contributed by atoms with E-state index in [1.807, 2.05) is 19.2 Å². The van der Waals surface area contributed by atoms with Gasteiger partial charge in [-0.05, 0) is 44.2 Å². The lowest BCUT2D eigenvalue weighted by Gasteiger charge is -2.11. The van der Waals surface area contributed by atoms with Crippen LogP contribution in [0.25, 0.3) is 0 Å². The molecule has 0 unspecified atom stereocenters. The summed E-state index contributed by atoms with van der Waals surface area (Å²) in [6.07, 6.45) is 3.81. The number of aromatic hydroxyl groups is 1. The number of aryl methyl sites for hydroxylation is 1. The molecule has 2 nitrogen and oxygen atoms in total. The van der Waals surface area contributed by atoms with Crippen LogP contribution in [0.15, 0.2) is 17.0 Å². The van der Waals surface area contributed by atoms with Gasteiger partial charge in [0.05, 0.1) is 0 Å². The van der Waals surface area contributed by atoms with E-state index in [0.717, 1.165) is 28.9 Å².